The fraction of sp³-hybridized carbons (Fsp3) is 0.213. The van der Waals surface area contributed by atoms with Gasteiger partial charge in [0.05, 0.1) is 17.1 Å². The van der Waals surface area contributed by atoms with Gasteiger partial charge >= 0.3 is 0 Å². The lowest BCUT2D eigenvalue weighted by atomic mass is 9.68. The average Bonchev–Trinajstić information content (AvgIpc) is 4.10. The van der Waals surface area contributed by atoms with Crippen LogP contribution in [0.25, 0.3) is 33.1 Å². The molecule has 3 atom stereocenters. The predicted molar refractivity (Wildman–Crippen MR) is 265 cm³/mol. The van der Waals surface area contributed by atoms with Crippen LogP contribution in [0.4, 0.5) is 34.1 Å². The van der Waals surface area contributed by atoms with Gasteiger partial charge in [-0.2, -0.15) is 0 Å². The van der Waals surface area contributed by atoms with Gasteiger partial charge in [0.15, 0.2) is 0 Å². The summed E-state index contributed by atoms with van der Waals surface area (Å²) < 4.78 is 6.67. The number of anilines is 6. The van der Waals surface area contributed by atoms with Crippen LogP contribution in [-0.4, -0.2) is 0 Å². The Balaban J connectivity index is 1.05. The topological polar surface area (TPSA) is 19.6 Å². The molecule has 4 aliphatic rings. The zero-order valence-corrected chi connectivity index (χ0v) is 36.3. The smallest absolute Gasteiger partial charge is 0.137 e. The van der Waals surface area contributed by atoms with E-state index in [4.69, 9.17) is 4.42 Å². The number of hydrogen-bond donors (Lipinski definition) is 0. The van der Waals surface area contributed by atoms with Crippen molar-refractivity contribution in [2.75, 3.05) is 9.80 Å². The van der Waals surface area contributed by atoms with E-state index in [0.717, 1.165) is 40.5 Å². The van der Waals surface area contributed by atoms with Crippen LogP contribution >= 0.6 is 0 Å². The molecule has 3 nitrogen and oxygen atoms in total. The number of para-hydroxylation sites is 4. The van der Waals surface area contributed by atoms with E-state index in [1.807, 2.05) is 0 Å². The van der Waals surface area contributed by atoms with Crippen molar-refractivity contribution in [2.45, 2.75) is 69.1 Å². The molecule has 3 unspecified atom stereocenters. The first-order chi connectivity index (χ1) is 31.7. The largest absolute Gasteiger partial charge is 0.456 e. The molecule has 1 aromatic heterocycles. The molecule has 1 spiro atoms. The van der Waals surface area contributed by atoms with Crippen LogP contribution in [0.3, 0.4) is 0 Å². The third-order valence-electron chi connectivity index (χ3n) is 15.7. The third-order valence-corrected chi connectivity index (χ3v) is 15.7. The molecule has 3 heteroatoms. The van der Waals surface area contributed by atoms with Crippen molar-refractivity contribution < 1.29 is 4.42 Å². The van der Waals surface area contributed by atoms with Gasteiger partial charge < -0.3 is 14.2 Å². The lowest BCUT2D eigenvalue weighted by Gasteiger charge is -2.40. The van der Waals surface area contributed by atoms with Crippen LogP contribution in [0.5, 0.6) is 0 Å². The molecule has 0 N–H and O–H groups in total. The van der Waals surface area contributed by atoms with E-state index in [1.165, 1.54) is 112 Å². The van der Waals surface area contributed by atoms with E-state index in [9.17, 15) is 0 Å². The fourth-order valence-electron chi connectivity index (χ4n) is 13.2. The van der Waals surface area contributed by atoms with Crippen molar-refractivity contribution in [1.82, 2.24) is 0 Å². The Labute approximate surface area is 376 Å². The normalized spacial score (nSPS) is 19.9. The fourth-order valence-corrected chi connectivity index (χ4v) is 13.2. The standard InChI is InChI=1S/C61H52N2O/c1-4-16-41(17-5-1)42-30-32-43(33-31-42)51-24-10-12-26-54(51)63(50-36-37-53-52-25-11-13-29-57(52)64-58(53)40-50)56-28-15-19-45-39-47-35-34-46-38-44-18-14-27-55(59(44)61(46,47)60(45)56)62(48-20-6-2-7-21-48)49-22-8-3-9-23-49/h2-3,6-15,18-33,36-37,40-41,46-47H,1,4-5,16-17,34-35,38-39H2. The maximum absolute atomic E-state index is 6.67. The molecule has 0 bridgehead atoms. The Morgan fingerprint density at radius 3 is 1.69 bits per heavy atom. The van der Waals surface area contributed by atoms with Gasteiger partial charge in [-0.05, 0) is 150 Å². The Morgan fingerprint density at radius 2 is 1.00 bits per heavy atom. The SMILES string of the molecule is c1ccc(N(c2ccccc2)c2cccc3c2C24c5c(cccc5N(c5ccc6c(c5)oc5ccccc56)c5ccccc5-c5ccc(C6CCCCC6)cc5)CC2CCC4C3)cc1. The van der Waals surface area contributed by atoms with E-state index >= 15 is 0 Å². The summed E-state index contributed by atoms with van der Waals surface area (Å²) in [6.45, 7) is 0. The van der Waals surface area contributed by atoms with Gasteiger partial charge in [0.1, 0.15) is 11.2 Å². The van der Waals surface area contributed by atoms with Crippen molar-refractivity contribution in [3.05, 3.63) is 216 Å². The second-order valence-corrected chi connectivity index (χ2v) is 19.0. The van der Waals surface area contributed by atoms with Gasteiger partial charge in [0, 0.05) is 44.9 Å². The molecular weight excluding hydrogens is 777 g/mol. The highest BCUT2D eigenvalue weighted by Gasteiger charge is 2.62. The quantitative estimate of drug-likeness (QED) is 0.152. The Hall–Kier alpha value is -6.84. The second kappa shape index (κ2) is 15.2. The molecule has 1 heterocycles. The molecule has 0 aliphatic heterocycles. The maximum atomic E-state index is 6.67. The number of furan rings is 1. The number of fused-ring (bicyclic) bond motifs is 5. The first kappa shape index (κ1) is 37.7. The maximum Gasteiger partial charge on any atom is 0.137 e. The van der Waals surface area contributed by atoms with E-state index in [0.29, 0.717) is 17.8 Å². The van der Waals surface area contributed by atoms with Gasteiger partial charge in [-0.1, -0.05) is 141 Å². The van der Waals surface area contributed by atoms with Crippen LogP contribution < -0.4 is 9.80 Å². The predicted octanol–water partition coefficient (Wildman–Crippen LogP) is 16.7. The lowest BCUT2D eigenvalue weighted by Crippen LogP contribution is -2.34. The number of hydrogen-bond acceptors (Lipinski definition) is 3. The monoisotopic (exact) mass is 828 g/mol. The molecule has 2 saturated carbocycles. The molecule has 13 rings (SSSR count). The minimum absolute atomic E-state index is 0.155. The molecule has 312 valence electrons. The van der Waals surface area contributed by atoms with E-state index in [-0.39, 0.29) is 5.41 Å². The summed E-state index contributed by atoms with van der Waals surface area (Å²) in [6, 6.07) is 70.5. The molecule has 0 radical (unpaired) electrons. The van der Waals surface area contributed by atoms with Gasteiger partial charge in [0.25, 0.3) is 0 Å². The summed E-state index contributed by atoms with van der Waals surface area (Å²) in [5.41, 5.74) is 19.0. The van der Waals surface area contributed by atoms with Crippen molar-refractivity contribution in [3.63, 3.8) is 0 Å². The molecule has 0 amide bonds. The Bertz CT molecular complexity index is 3130. The van der Waals surface area contributed by atoms with Crippen molar-refractivity contribution >= 4 is 56.1 Å². The molecule has 4 aliphatic carbocycles. The highest BCUT2D eigenvalue weighted by Crippen LogP contribution is 2.69. The lowest BCUT2D eigenvalue weighted by molar-refractivity contribution is 0.350. The van der Waals surface area contributed by atoms with E-state index in [1.54, 1.807) is 0 Å². The summed E-state index contributed by atoms with van der Waals surface area (Å²) >= 11 is 0. The third kappa shape index (κ3) is 5.79. The van der Waals surface area contributed by atoms with Crippen LogP contribution in [-0.2, 0) is 18.3 Å². The molecular formula is C61H52N2O. The second-order valence-electron chi connectivity index (χ2n) is 19.0. The summed E-state index contributed by atoms with van der Waals surface area (Å²) in [6.07, 6.45) is 11.3. The van der Waals surface area contributed by atoms with Crippen molar-refractivity contribution in [1.29, 1.82) is 0 Å². The highest BCUT2D eigenvalue weighted by atomic mass is 16.3. The average molecular weight is 829 g/mol. The van der Waals surface area contributed by atoms with Gasteiger partial charge in [-0.15, -0.1) is 0 Å². The molecule has 2 fully saturated rings. The summed E-state index contributed by atoms with van der Waals surface area (Å²) in [7, 11) is 0. The van der Waals surface area contributed by atoms with E-state index in [2.05, 4.69) is 198 Å². The Morgan fingerprint density at radius 1 is 0.422 bits per heavy atom. The Kier molecular flexibility index (Phi) is 8.93. The minimum Gasteiger partial charge on any atom is -0.456 e. The molecule has 0 saturated heterocycles. The summed E-state index contributed by atoms with van der Waals surface area (Å²) in [5, 5.41) is 2.30. The molecule has 9 aromatic rings. The molecule has 64 heavy (non-hydrogen) atoms. The van der Waals surface area contributed by atoms with Crippen LogP contribution in [0.1, 0.15) is 78.7 Å². The van der Waals surface area contributed by atoms with Crippen LogP contribution in [0.15, 0.2) is 192 Å². The number of nitrogens with zero attached hydrogens (tertiary/aromatic N) is 2. The van der Waals surface area contributed by atoms with Crippen LogP contribution in [0.2, 0.25) is 0 Å². The van der Waals surface area contributed by atoms with E-state index < -0.39 is 0 Å². The van der Waals surface area contributed by atoms with Crippen LogP contribution in [0, 0.1) is 11.8 Å². The summed E-state index contributed by atoms with van der Waals surface area (Å²) in [4.78, 5) is 5.14. The van der Waals surface area contributed by atoms with Gasteiger partial charge in [0.2, 0.25) is 0 Å². The zero-order valence-electron chi connectivity index (χ0n) is 36.3. The zero-order chi connectivity index (χ0) is 42.2. The number of rotatable bonds is 8. The first-order valence-electron chi connectivity index (χ1n) is 23.8. The first-order valence-corrected chi connectivity index (χ1v) is 23.8. The van der Waals surface area contributed by atoms with Crippen molar-refractivity contribution in [3.8, 4) is 11.1 Å². The highest BCUT2D eigenvalue weighted by molar-refractivity contribution is 6.06. The molecule has 8 aromatic carbocycles. The van der Waals surface area contributed by atoms with Gasteiger partial charge in [-0.25, -0.2) is 0 Å². The van der Waals surface area contributed by atoms with Gasteiger partial charge in [-0.3, -0.25) is 0 Å². The minimum atomic E-state index is -0.155. The number of benzene rings is 8. The summed E-state index contributed by atoms with van der Waals surface area (Å²) in [5.74, 6) is 1.68. The van der Waals surface area contributed by atoms with Crippen molar-refractivity contribution in [2.24, 2.45) is 11.8 Å².